The molecule has 0 amide bonds. The summed E-state index contributed by atoms with van der Waals surface area (Å²) in [5.41, 5.74) is 1.46. The Morgan fingerprint density at radius 1 is 0.951 bits per heavy atom. The van der Waals surface area contributed by atoms with Crippen LogP contribution >= 0.6 is 0 Å². The van der Waals surface area contributed by atoms with Gasteiger partial charge in [0, 0.05) is 25.7 Å². The number of carbonyl (C=O) groups is 2. The van der Waals surface area contributed by atoms with Gasteiger partial charge in [0.25, 0.3) is 0 Å². The molecule has 2 saturated heterocycles. The molecular formula is C32H41NO8. The second-order valence-electron chi connectivity index (χ2n) is 11.1. The first-order chi connectivity index (χ1) is 20.0. The standard InChI is InChI=1S/C32H41NO8/c1-3-37-30(35)28-22-31(15-17-32(18-16-31)39-19-7-8-20-40-32)33(41-28)27(29(34)36-2)21-24-11-13-26(14-12-24)38-23-25-9-5-4-6-10-25/h4-6,9-14,27-28H,3,7-8,15-23H2,1-2H3/t27-,28+/m0/s1. The van der Waals surface area contributed by atoms with Crippen LogP contribution in [-0.2, 0) is 46.4 Å². The van der Waals surface area contributed by atoms with Crippen molar-refractivity contribution >= 4 is 11.9 Å². The van der Waals surface area contributed by atoms with E-state index in [4.69, 9.17) is 28.5 Å². The van der Waals surface area contributed by atoms with E-state index >= 15 is 0 Å². The van der Waals surface area contributed by atoms with Gasteiger partial charge in [-0.1, -0.05) is 42.5 Å². The predicted octanol–water partition coefficient (Wildman–Crippen LogP) is 4.75. The molecule has 9 nitrogen and oxygen atoms in total. The number of carbonyl (C=O) groups excluding carboxylic acids is 2. The molecule has 0 aromatic heterocycles. The summed E-state index contributed by atoms with van der Waals surface area (Å²) in [5.74, 6) is -0.712. The molecule has 2 atom stereocenters. The minimum absolute atomic E-state index is 0.260. The highest BCUT2D eigenvalue weighted by Gasteiger charge is 2.57. The number of rotatable bonds is 9. The summed E-state index contributed by atoms with van der Waals surface area (Å²) in [6, 6.07) is 16.9. The quantitative estimate of drug-likeness (QED) is 0.398. The Morgan fingerprint density at radius 2 is 1.63 bits per heavy atom. The largest absolute Gasteiger partial charge is 0.489 e. The van der Waals surface area contributed by atoms with Gasteiger partial charge in [-0.05, 0) is 55.9 Å². The molecule has 0 N–H and O–H groups in total. The zero-order valence-electron chi connectivity index (χ0n) is 24.0. The zero-order chi connectivity index (χ0) is 28.7. The highest BCUT2D eigenvalue weighted by atomic mass is 16.7. The molecule has 9 heteroatoms. The zero-order valence-corrected chi connectivity index (χ0v) is 24.0. The van der Waals surface area contributed by atoms with E-state index in [0.717, 1.165) is 29.7 Å². The highest BCUT2D eigenvalue weighted by molar-refractivity contribution is 5.77. The number of esters is 2. The van der Waals surface area contributed by atoms with Gasteiger partial charge in [0.2, 0.25) is 0 Å². The maximum atomic E-state index is 13.3. The van der Waals surface area contributed by atoms with Crippen molar-refractivity contribution in [2.24, 2.45) is 0 Å². The molecule has 3 aliphatic rings. The highest BCUT2D eigenvalue weighted by Crippen LogP contribution is 2.49. The van der Waals surface area contributed by atoms with Crippen LogP contribution in [0.3, 0.4) is 0 Å². The van der Waals surface area contributed by atoms with Gasteiger partial charge in [-0.25, -0.2) is 4.79 Å². The number of hydroxylamine groups is 2. The number of hydrogen-bond donors (Lipinski definition) is 0. The lowest BCUT2D eigenvalue weighted by Crippen LogP contribution is -2.57. The van der Waals surface area contributed by atoms with Crippen LogP contribution in [0.2, 0.25) is 0 Å². The average Bonchev–Trinajstić information content (AvgIpc) is 3.21. The first-order valence-electron chi connectivity index (χ1n) is 14.7. The van der Waals surface area contributed by atoms with Crippen LogP contribution in [0.15, 0.2) is 54.6 Å². The Hall–Kier alpha value is -2.98. The Labute approximate surface area is 241 Å². The molecule has 2 spiro atoms. The molecule has 0 radical (unpaired) electrons. The summed E-state index contributed by atoms with van der Waals surface area (Å²) in [7, 11) is 1.38. The summed E-state index contributed by atoms with van der Waals surface area (Å²) in [4.78, 5) is 32.4. The Balaban J connectivity index is 1.33. The second kappa shape index (κ2) is 13.3. The van der Waals surface area contributed by atoms with Crippen LogP contribution in [0, 0.1) is 0 Å². The third kappa shape index (κ3) is 6.92. The summed E-state index contributed by atoms with van der Waals surface area (Å²) >= 11 is 0. The molecule has 41 heavy (non-hydrogen) atoms. The van der Waals surface area contributed by atoms with E-state index < -0.39 is 35.4 Å². The lowest BCUT2D eigenvalue weighted by atomic mass is 9.75. The fourth-order valence-electron chi connectivity index (χ4n) is 6.14. The lowest BCUT2D eigenvalue weighted by molar-refractivity contribution is -0.272. The molecule has 2 aliphatic heterocycles. The molecule has 3 fully saturated rings. The maximum Gasteiger partial charge on any atom is 0.337 e. The van der Waals surface area contributed by atoms with E-state index in [1.807, 2.05) is 54.6 Å². The normalized spacial score (nSPS) is 22.6. The molecule has 2 aromatic carbocycles. The fourth-order valence-corrected chi connectivity index (χ4v) is 6.14. The molecule has 2 heterocycles. The Morgan fingerprint density at radius 3 is 2.27 bits per heavy atom. The lowest BCUT2D eigenvalue weighted by Gasteiger charge is -2.47. The van der Waals surface area contributed by atoms with Crippen LogP contribution in [0.4, 0.5) is 0 Å². The number of ether oxygens (including phenoxy) is 5. The predicted molar refractivity (Wildman–Crippen MR) is 150 cm³/mol. The van der Waals surface area contributed by atoms with Crippen molar-refractivity contribution in [3.05, 3.63) is 65.7 Å². The molecule has 2 aromatic rings. The van der Waals surface area contributed by atoms with Crippen molar-refractivity contribution in [2.75, 3.05) is 26.9 Å². The van der Waals surface area contributed by atoms with E-state index in [1.54, 1.807) is 12.0 Å². The van der Waals surface area contributed by atoms with Gasteiger partial charge in [0.05, 0.1) is 32.5 Å². The monoisotopic (exact) mass is 567 g/mol. The SMILES string of the molecule is CCOC(=O)[C@H]1CC2(CCC3(CC2)OCCCCO3)N([C@@H](Cc2ccc(OCc3ccccc3)cc2)C(=O)OC)O1. The van der Waals surface area contributed by atoms with Gasteiger partial charge in [0.1, 0.15) is 18.4 Å². The second-order valence-corrected chi connectivity index (χ2v) is 11.1. The summed E-state index contributed by atoms with van der Waals surface area (Å²) in [6.07, 6.45) is 4.57. The average molecular weight is 568 g/mol. The van der Waals surface area contributed by atoms with E-state index in [9.17, 15) is 9.59 Å². The van der Waals surface area contributed by atoms with Gasteiger partial charge in [-0.3, -0.25) is 9.63 Å². The van der Waals surface area contributed by atoms with Crippen molar-refractivity contribution in [3.8, 4) is 5.75 Å². The molecule has 1 aliphatic carbocycles. The number of nitrogens with zero attached hydrogens (tertiary/aromatic N) is 1. The summed E-state index contributed by atoms with van der Waals surface area (Å²) < 4.78 is 28.9. The van der Waals surface area contributed by atoms with Crippen LogP contribution in [-0.4, -0.2) is 67.4 Å². The van der Waals surface area contributed by atoms with Crippen molar-refractivity contribution < 1.29 is 38.1 Å². The number of hydrogen-bond acceptors (Lipinski definition) is 9. The summed E-state index contributed by atoms with van der Waals surface area (Å²) in [6.45, 7) is 3.86. The fraction of sp³-hybridized carbons (Fsp3) is 0.562. The topological polar surface area (TPSA) is 92.8 Å². The van der Waals surface area contributed by atoms with Gasteiger partial charge in [-0.2, -0.15) is 5.06 Å². The van der Waals surface area contributed by atoms with E-state index in [2.05, 4.69) is 0 Å². The maximum absolute atomic E-state index is 13.3. The molecule has 0 bridgehead atoms. The van der Waals surface area contributed by atoms with Crippen LogP contribution in [0.25, 0.3) is 0 Å². The van der Waals surface area contributed by atoms with Crippen LogP contribution in [0.5, 0.6) is 5.75 Å². The van der Waals surface area contributed by atoms with E-state index in [-0.39, 0.29) is 6.61 Å². The van der Waals surface area contributed by atoms with E-state index in [1.165, 1.54) is 7.11 Å². The van der Waals surface area contributed by atoms with Gasteiger partial charge >= 0.3 is 11.9 Å². The number of benzene rings is 2. The van der Waals surface area contributed by atoms with Crippen molar-refractivity contribution in [1.82, 2.24) is 5.06 Å². The van der Waals surface area contributed by atoms with Crippen LogP contribution in [0.1, 0.15) is 63.0 Å². The van der Waals surface area contributed by atoms with Crippen molar-refractivity contribution in [2.45, 2.75) is 88.4 Å². The minimum Gasteiger partial charge on any atom is -0.489 e. The van der Waals surface area contributed by atoms with E-state index in [0.29, 0.717) is 58.3 Å². The first kappa shape index (κ1) is 29.5. The minimum atomic E-state index is -0.791. The smallest absolute Gasteiger partial charge is 0.337 e. The molecule has 1 saturated carbocycles. The van der Waals surface area contributed by atoms with Gasteiger partial charge in [0.15, 0.2) is 11.9 Å². The molecule has 5 rings (SSSR count). The van der Waals surface area contributed by atoms with Crippen LogP contribution < -0.4 is 4.74 Å². The number of methoxy groups -OCH3 is 1. The van der Waals surface area contributed by atoms with Gasteiger partial charge < -0.3 is 23.7 Å². The van der Waals surface area contributed by atoms with Crippen molar-refractivity contribution in [1.29, 1.82) is 0 Å². The molecule has 0 unspecified atom stereocenters. The van der Waals surface area contributed by atoms with Gasteiger partial charge in [-0.15, -0.1) is 0 Å². The third-order valence-electron chi connectivity index (χ3n) is 8.39. The third-order valence-corrected chi connectivity index (χ3v) is 8.39. The van der Waals surface area contributed by atoms with Crippen molar-refractivity contribution in [3.63, 3.8) is 0 Å². The summed E-state index contributed by atoms with van der Waals surface area (Å²) in [5, 5.41) is 1.74. The Kier molecular flexibility index (Phi) is 9.60. The molecule has 222 valence electrons. The first-order valence-corrected chi connectivity index (χ1v) is 14.7. The molecular weight excluding hydrogens is 526 g/mol. The Bertz CT molecular complexity index is 1140.